The summed E-state index contributed by atoms with van der Waals surface area (Å²) in [5.74, 6) is 0.682. The molecule has 0 saturated heterocycles. The summed E-state index contributed by atoms with van der Waals surface area (Å²) in [7, 11) is 4.20. The van der Waals surface area contributed by atoms with Crippen LogP contribution >= 0.6 is 0 Å². The van der Waals surface area contributed by atoms with Gasteiger partial charge in [0.05, 0.1) is 19.6 Å². The van der Waals surface area contributed by atoms with E-state index in [1.165, 1.54) is 10.6 Å². The van der Waals surface area contributed by atoms with Crippen LogP contribution in [0.25, 0.3) is 5.52 Å². The van der Waals surface area contributed by atoms with Crippen LogP contribution in [0.5, 0.6) is 0 Å². The lowest BCUT2D eigenvalue weighted by molar-refractivity contribution is -0.786. The Kier molecular flexibility index (Phi) is 3.04. The molecule has 0 aliphatic carbocycles. The van der Waals surface area contributed by atoms with Gasteiger partial charge < -0.3 is 16.0 Å². The molecule has 2 heterocycles. The van der Waals surface area contributed by atoms with Crippen LogP contribution in [-0.4, -0.2) is 23.7 Å². The number of fused-ring (bicyclic) bond motifs is 1. The molecular formula is C15H18N5+. The fourth-order valence-electron chi connectivity index (χ4n) is 2.13. The second kappa shape index (κ2) is 4.86. The van der Waals surface area contributed by atoms with Crippen molar-refractivity contribution in [3.8, 4) is 0 Å². The predicted molar refractivity (Wildman–Crippen MR) is 81.8 cm³/mol. The lowest BCUT2D eigenvalue weighted by atomic mass is 10.2. The number of nitrogen functional groups attached to an aromatic ring is 1. The minimum absolute atomic E-state index is 0.660. The zero-order valence-corrected chi connectivity index (χ0v) is 11.6. The van der Waals surface area contributed by atoms with Crippen LogP contribution in [0, 0.1) is 0 Å². The van der Waals surface area contributed by atoms with Crippen molar-refractivity contribution in [3.63, 3.8) is 0 Å². The number of pyridine rings is 1. The molecule has 2 aromatic heterocycles. The Balaban J connectivity index is 1.91. The highest BCUT2D eigenvalue weighted by Crippen LogP contribution is 2.26. The van der Waals surface area contributed by atoms with Gasteiger partial charge in [0.15, 0.2) is 5.82 Å². The number of nitrogens with two attached hydrogens (primary N) is 1. The molecule has 0 saturated carbocycles. The third kappa shape index (κ3) is 2.19. The van der Waals surface area contributed by atoms with Crippen molar-refractivity contribution in [2.75, 3.05) is 25.1 Å². The molecule has 0 radical (unpaired) electrons. The molecular weight excluding hydrogens is 250 g/mol. The van der Waals surface area contributed by atoms with Crippen molar-refractivity contribution in [2.45, 2.75) is 0 Å². The van der Waals surface area contributed by atoms with E-state index in [9.17, 15) is 0 Å². The highest BCUT2D eigenvalue weighted by Gasteiger charge is 2.09. The van der Waals surface area contributed by atoms with Crippen LogP contribution < -0.4 is 16.0 Å². The van der Waals surface area contributed by atoms with E-state index in [1.807, 2.05) is 36.5 Å². The van der Waals surface area contributed by atoms with E-state index in [2.05, 4.69) is 36.6 Å². The van der Waals surface area contributed by atoms with Crippen LogP contribution in [0.15, 0.2) is 48.7 Å². The van der Waals surface area contributed by atoms with Gasteiger partial charge in [0, 0.05) is 24.0 Å². The van der Waals surface area contributed by atoms with Crippen molar-refractivity contribution in [2.24, 2.45) is 0 Å². The lowest BCUT2D eigenvalue weighted by Crippen LogP contribution is -3.00. The SMILES string of the molecule is C[NH+](C)c1ccc(Nc2nn3ccccc3c2N)cc1. The molecule has 0 fully saturated rings. The highest BCUT2D eigenvalue weighted by molar-refractivity contribution is 5.83. The average molecular weight is 268 g/mol. The largest absolute Gasteiger partial charge is 0.394 e. The molecule has 0 unspecified atom stereocenters. The van der Waals surface area contributed by atoms with Crippen molar-refractivity contribution >= 4 is 28.4 Å². The molecule has 0 spiro atoms. The number of quaternary nitrogens is 1. The van der Waals surface area contributed by atoms with E-state index in [1.54, 1.807) is 4.52 Å². The molecule has 1 aromatic carbocycles. The Labute approximate surface area is 117 Å². The Morgan fingerprint density at radius 1 is 1.10 bits per heavy atom. The zero-order chi connectivity index (χ0) is 14.1. The standard InChI is InChI=1S/C15H17N5/c1-19(2)12-8-6-11(7-9-12)17-15-14(16)13-5-3-4-10-20(13)18-15/h3-10H,16H2,1-2H3,(H,17,18)/p+1. The summed E-state index contributed by atoms with van der Waals surface area (Å²) in [5, 5.41) is 7.70. The maximum atomic E-state index is 6.11. The first-order chi connectivity index (χ1) is 9.65. The van der Waals surface area contributed by atoms with E-state index in [-0.39, 0.29) is 0 Å². The van der Waals surface area contributed by atoms with Gasteiger partial charge >= 0.3 is 0 Å². The van der Waals surface area contributed by atoms with E-state index < -0.39 is 0 Å². The summed E-state index contributed by atoms with van der Waals surface area (Å²) in [6.07, 6.45) is 1.88. The Bertz CT molecular complexity index is 728. The van der Waals surface area contributed by atoms with Gasteiger partial charge in [-0.05, 0) is 24.3 Å². The number of aromatic nitrogens is 2. The summed E-state index contributed by atoms with van der Waals surface area (Å²) in [6.45, 7) is 0. The summed E-state index contributed by atoms with van der Waals surface area (Å²) in [5.41, 5.74) is 9.89. The smallest absolute Gasteiger partial charge is 0.176 e. The first-order valence-corrected chi connectivity index (χ1v) is 6.55. The second-order valence-electron chi connectivity index (χ2n) is 5.00. The van der Waals surface area contributed by atoms with E-state index in [0.29, 0.717) is 11.5 Å². The minimum Gasteiger partial charge on any atom is -0.394 e. The molecule has 3 rings (SSSR count). The van der Waals surface area contributed by atoms with Gasteiger partial charge in [-0.1, -0.05) is 6.07 Å². The zero-order valence-electron chi connectivity index (χ0n) is 11.6. The van der Waals surface area contributed by atoms with Gasteiger partial charge in [-0.25, -0.2) is 4.52 Å². The molecule has 102 valence electrons. The number of benzene rings is 1. The third-order valence-corrected chi connectivity index (χ3v) is 3.30. The van der Waals surface area contributed by atoms with Crippen LogP contribution in [0.4, 0.5) is 22.9 Å². The maximum absolute atomic E-state index is 6.11. The van der Waals surface area contributed by atoms with Crippen molar-refractivity contribution in [1.82, 2.24) is 9.61 Å². The number of hydrogen-bond acceptors (Lipinski definition) is 3. The highest BCUT2D eigenvalue weighted by atomic mass is 15.3. The molecule has 0 atom stereocenters. The number of anilines is 3. The second-order valence-corrected chi connectivity index (χ2v) is 5.00. The van der Waals surface area contributed by atoms with E-state index >= 15 is 0 Å². The Morgan fingerprint density at radius 2 is 1.85 bits per heavy atom. The summed E-state index contributed by atoms with van der Waals surface area (Å²) < 4.78 is 1.77. The monoisotopic (exact) mass is 268 g/mol. The number of rotatable bonds is 3. The van der Waals surface area contributed by atoms with Gasteiger partial charge in [-0.15, -0.1) is 5.10 Å². The molecule has 0 amide bonds. The molecule has 5 nitrogen and oxygen atoms in total. The van der Waals surface area contributed by atoms with Gasteiger partial charge in [-0.3, -0.25) is 0 Å². The van der Waals surface area contributed by atoms with E-state index in [4.69, 9.17) is 5.73 Å². The quantitative estimate of drug-likeness (QED) is 0.673. The molecule has 0 aliphatic heterocycles. The maximum Gasteiger partial charge on any atom is 0.176 e. The van der Waals surface area contributed by atoms with Crippen LogP contribution in [0.2, 0.25) is 0 Å². The van der Waals surface area contributed by atoms with Crippen LogP contribution in [0.3, 0.4) is 0 Å². The predicted octanol–water partition coefficient (Wildman–Crippen LogP) is 1.44. The van der Waals surface area contributed by atoms with Gasteiger partial charge in [0.1, 0.15) is 11.4 Å². The Hall–Kier alpha value is -2.53. The van der Waals surface area contributed by atoms with E-state index in [0.717, 1.165) is 11.2 Å². The topological polar surface area (TPSA) is 59.8 Å². The van der Waals surface area contributed by atoms with Crippen LogP contribution in [0.1, 0.15) is 0 Å². The molecule has 0 aliphatic rings. The number of hydrogen-bond donors (Lipinski definition) is 3. The first-order valence-electron chi connectivity index (χ1n) is 6.55. The van der Waals surface area contributed by atoms with Crippen molar-refractivity contribution in [1.29, 1.82) is 0 Å². The summed E-state index contributed by atoms with van der Waals surface area (Å²) in [4.78, 5) is 1.30. The lowest BCUT2D eigenvalue weighted by Gasteiger charge is -2.08. The minimum atomic E-state index is 0.660. The number of nitrogens with one attached hydrogen (secondary N) is 2. The van der Waals surface area contributed by atoms with Gasteiger partial charge in [0.25, 0.3) is 0 Å². The average Bonchev–Trinajstić information content (AvgIpc) is 2.77. The Morgan fingerprint density at radius 3 is 2.50 bits per heavy atom. The molecule has 4 N–H and O–H groups in total. The molecule has 3 aromatic rings. The summed E-state index contributed by atoms with van der Waals surface area (Å²) in [6, 6.07) is 14.1. The normalized spacial score (nSPS) is 11.2. The first kappa shape index (κ1) is 12.5. The van der Waals surface area contributed by atoms with Gasteiger partial charge in [0.2, 0.25) is 0 Å². The number of nitrogens with zero attached hydrogens (tertiary/aromatic N) is 2. The van der Waals surface area contributed by atoms with Crippen molar-refractivity contribution in [3.05, 3.63) is 48.7 Å². The molecule has 0 bridgehead atoms. The molecule has 20 heavy (non-hydrogen) atoms. The fourth-order valence-corrected chi connectivity index (χ4v) is 2.13. The van der Waals surface area contributed by atoms with Crippen LogP contribution in [-0.2, 0) is 0 Å². The summed E-state index contributed by atoms with van der Waals surface area (Å²) >= 11 is 0. The fraction of sp³-hybridized carbons (Fsp3) is 0.133. The third-order valence-electron chi connectivity index (χ3n) is 3.30. The van der Waals surface area contributed by atoms with Crippen molar-refractivity contribution < 1.29 is 4.90 Å². The van der Waals surface area contributed by atoms with Gasteiger partial charge in [-0.2, -0.15) is 0 Å². The molecule has 5 heteroatoms.